The summed E-state index contributed by atoms with van der Waals surface area (Å²) in [5.41, 5.74) is 2.01. The van der Waals surface area contributed by atoms with E-state index in [-0.39, 0.29) is 5.82 Å². The van der Waals surface area contributed by atoms with Gasteiger partial charge in [-0.3, -0.25) is 4.90 Å². The first-order valence-electron chi connectivity index (χ1n) is 12.7. The predicted octanol–water partition coefficient (Wildman–Crippen LogP) is 3.10. The molecule has 0 aliphatic carbocycles. The van der Waals surface area contributed by atoms with Gasteiger partial charge in [0.1, 0.15) is 11.6 Å². The van der Waals surface area contributed by atoms with Crippen molar-refractivity contribution in [3.63, 3.8) is 0 Å². The third kappa shape index (κ3) is 13.0. The van der Waals surface area contributed by atoms with Crippen LogP contribution in [0, 0.1) is 5.82 Å². The zero-order chi connectivity index (χ0) is 31.8. The molecule has 2 aromatic carbocycles. The molecule has 1 fully saturated rings. The summed E-state index contributed by atoms with van der Waals surface area (Å²) in [7, 11) is 1.72. The Bertz CT molecular complexity index is 1390. The number of carboxylic acids is 4. The molecule has 0 spiro atoms. The summed E-state index contributed by atoms with van der Waals surface area (Å²) in [4.78, 5) is 47.6. The number of carboxylic acid groups (broad SMARTS) is 4. The maximum absolute atomic E-state index is 13.3. The van der Waals surface area contributed by atoms with Gasteiger partial charge in [-0.2, -0.15) is 0 Å². The molecule has 2 heterocycles. The normalized spacial score (nSPS) is 13.1. The number of hydrogen-bond donors (Lipinski definition) is 5. The minimum atomic E-state index is -1.26. The molecule has 0 radical (unpaired) electrons. The van der Waals surface area contributed by atoms with Gasteiger partial charge in [-0.1, -0.05) is 23.5 Å². The average Bonchev–Trinajstić information content (AvgIpc) is 3.38. The molecule has 1 saturated heterocycles. The quantitative estimate of drug-likeness (QED) is 0.209. The molecule has 5 N–H and O–H groups in total. The first-order valence-corrected chi connectivity index (χ1v) is 13.5. The van der Waals surface area contributed by atoms with Crippen molar-refractivity contribution in [2.75, 3.05) is 56.6 Å². The number of hydrogen-bond acceptors (Lipinski definition) is 10. The average molecular weight is 619 g/mol. The number of anilines is 2. The molecule has 1 aliphatic rings. The number of ether oxygens (including phenoxy) is 1. The van der Waals surface area contributed by atoms with E-state index in [1.807, 2.05) is 12.1 Å². The zero-order valence-electron chi connectivity index (χ0n) is 23.1. The van der Waals surface area contributed by atoms with Gasteiger partial charge in [0.15, 0.2) is 5.13 Å². The second-order valence-electron chi connectivity index (χ2n) is 8.58. The molecular formula is C28H31FN4O9S. The Morgan fingerprint density at radius 2 is 1.47 bits per heavy atom. The summed E-state index contributed by atoms with van der Waals surface area (Å²) in [6.07, 6.45) is 2.23. The highest BCUT2D eigenvalue weighted by Gasteiger charge is 2.19. The van der Waals surface area contributed by atoms with Crippen LogP contribution in [0.5, 0.6) is 5.75 Å². The molecule has 0 bridgehead atoms. The second-order valence-corrected chi connectivity index (χ2v) is 9.61. The van der Waals surface area contributed by atoms with Crippen LogP contribution >= 0.6 is 11.3 Å². The first-order chi connectivity index (χ1) is 20.5. The lowest BCUT2D eigenvalue weighted by Crippen LogP contribution is -2.47. The Kier molecular flexibility index (Phi) is 14.1. The van der Waals surface area contributed by atoms with E-state index in [2.05, 4.69) is 32.2 Å². The maximum atomic E-state index is 13.3. The summed E-state index contributed by atoms with van der Waals surface area (Å²) < 4.78 is 19.6. The number of piperazine rings is 1. The topological polar surface area (TPSA) is 190 Å². The lowest BCUT2D eigenvalue weighted by molar-refractivity contribution is -0.134. The Labute approximate surface area is 249 Å². The number of aliphatic carboxylic acids is 4. The minimum absolute atomic E-state index is 0.217. The van der Waals surface area contributed by atoms with Crippen LogP contribution in [0.1, 0.15) is 0 Å². The molecule has 1 aliphatic heterocycles. The fourth-order valence-electron chi connectivity index (χ4n) is 3.68. The summed E-state index contributed by atoms with van der Waals surface area (Å²) in [5, 5.41) is 35.5. The third-order valence-electron chi connectivity index (χ3n) is 5.59. The van der Waals surface area contributed by atoms with Crippen LogP contribution in [0.15, 0.2) is 66.8 Å². The highest BCUT2D eigenvalue weighted by Crippen LogP contribution is 2.28. The number of para-hydroxylation sites is 2. The Balaban J connectivity index is 0.000000334. The number of fused-ring (bicyclic) bond motifs is 1. The highest BCUT2D eigenvalue weighted by atomic mass is 32.1. The van der Waals surface area contributed by atoms with Gasteiger partial charge < -0.3 is 35.4 Å². The fraction of sp³-hybridized carbons (Fsp3) is 0.250. The van der Waals surface area contributed by atoms with Crippen molar-refractivity contribution in [3.05, 3.63) is 72.6 Å². The van der Waals surface area contributed by atoms with E-state index in [9.17, 15) is 23.6 Å². The van der Waals surface area contributed by atoms with Gasteiger partial charge in [0.2, 0.25) is 0 Å². The van der Waals surface area contributed by atoms with Crippen molar-refractivity contribution in [3.8, 4) is 5.75 Å². The lowest BCUT2D eigenvalue weighted by atomic mass is 10.2. The van der Waals surface area contributed by atoms with Gasteiger partial charge in [0, 0.05) is 63.6 Å². The smallest absolute Gasteiger partial charge is 0.328 e. The van der Waals surface area contributed by atoms with E-state index in [1.165, 1.54) is 29.2 Å². The monoisotopic (exact) mass is 618 g/mol. The fourth-order valence-corrected chi connectivity index (χ4v) is 4.60. The predicted molar refractivity (Wildman–Crippen MR) is 159 cm³/mol. The third-order valence-corrected chi connectivity index (χ3v) is 6.57. The number of nitrogens with one attached hydrogen (secondary N) is 1. The van der Waals surface area contributed by atoms with E-state index in [4.69, 9.17) is 25.2 Å². The number of benzene rings is 2. The number of thiazole rings is 1. The van der Waals surface area contributed by atoms with Crippen LogP contribution in [0.2, 0.25) is 0 Å². The number of rotatable bonds is 10. The Morgan fingerprint density at radius 1 is 0.907 bits per heavy atom. The van der Waals surface area contributed by atoms with Crippen molar-refractivity contribution in [1.82, 2.24) is 9.88 Å². The Hall–Kier alpha value is -5.02. The van der Waals surface area contributed by atoms with E-state index < -0.39 is 23.9 Å². The largest absolute Gasteiger partial charge is 0.495 e. The van der Waals surface area contributed by atoms with Gasteiger partial charge >= 0.3 is 23.9 Å². The highest BCUT2D eigenvalue weighted by molar-refractivity contribution is 7.22. The summed E-state index contributed by atoms with van der Waals surface area (Å²) in [6, 6.07) is 12.9. The molecule has 230 valence electrons. The Morgan fingerprint density at radius 3 is 2.00 bits per heavy atom. The zero-order valence-corrected chi connectivity index (χ0v) is 23.9. The molecule has 43 heavy (non-hydrogen) atoms. The van der Waals surface area contributed by atoms with Crippen LogP contribution in [0.3, 0.4) is 0 Å². The number of carbonyl (C=O) groups is 4. The van der Waals surface area contributed by atoms with Crippen LogP contribution in [-0.2, 0) is 19.2 Å². The van der Waals surface area contributed by atoms with Crippen molar-refractivity contribution in [2.24, 2.45) is 0 Å². The number of aromatic nitrogens is 1. The minimum Gasteiger partial charge on any atom is -0.495 e. The van der Waals surface area contributed by atoms with Crippen LogP contribution in [0.4, 0.5) is 15.2 Å². The molecule has 0 saturated carbocycles. The molecule has 4 rings (SSSR count). The molecule has 1 aromatic heterocycles. The molecule has 0 amide bonds. The molecule has 0 atom stereocenters. The van der Waals surface area contributed by atoms with Crippen molar-refractivity contribution in [2.45, 2.75) is 0 Å². The lowest BCUT2D eigenvalue weighted by Gasteiger charge is -2.36. The van der Waals surface area contributed by atoms with Crippen molar-refractivity contribution >= 4 is 56.2 Å². The van der Waals surface area contributed by atoms with Crippen LogP contribution < -0.4 is 15.0 Å². The summed E-state index contributed by atoms with van der Waals surface area (Å²) >= 11 is 1.50. The standard InChI is InChI=1S/C20H23FN4OS.2C4H4O4/c1-26-18-5-3-2-4-17(18)25-12-10-24(11-13-25)9-8-22-20-23-16-7-6-15(21)14-19(16)27-20;2*5-3(6)1-2-4(7)8/h2-7,14H,8-13H2,1H3,(H,22,23);2*1-2H,(H,5,6)(H,7,8). The van der Waals surface area contributed by atoms with Gasteiger partial charge in [-0.05, 0) is 30.3 Å². The summed E-state index contributed by atoms with van der Waals surface area (Å²) in [6.45, 7) is 5.80. The van der Waals surface area contributed by atoms with E-state index >= 15 is 0 Å². The number of methoxy groups -OCH3 is 1. The molecule has 15 heteroatoms. The summed E-state index contributed by atoms with van der Waals surface area (Å²) in [5.74, 6) is -4.31. The van der Waals surface area contributed by atoms with Crippen LogP contribution in [0.25, 0.3) is 10.2 Å². The number of halogens is 1. The van der Waals surface area contributed by atoms with E-state index in [1.54, 1.807) is 13.2 Å². The van der Waals surface area contributed by atoms with Gasteiger partial charge in [-0.15, -0.1) is 0 Å². The molecular weight excluding hydrogens is 587 g/mol. The van der Waals surface area contributed by atoms with Crippen molar-refractivity contribution < 1.29 is 48.7 Å². The SMILES string of the molecule is COc1ccccc1N1CCN(CCNc2nc3ccc(F)cc3s2)CC1.O=C(O)C=CC(=O)O.O=C(O)C=CC(=O)O. The van der Waals surface area contributed by atoms with Crippen LogP contribution in [-0.4, -0.2) is 101 Å². The molecule has 3 aromatic rings. The van der Waals surface area contributed by atoms with Gasteiger partial charge in [0.05, 0.1) is 23.0 Å². The maximum Gasteiger partial charge on any atom is 0.328 e. The molecule has 13 nitrogen and oxygen atoms in total. The first kappa shape index (κ1) is 34.2. The van der Waals surface area contributed by atoms with E-state index in [0.29, 0.717) is 24.3 Å². The van der Waals surface area contributed by atoms with E-state index in [0.717, 1.165) is 60.4 Å². The number of nitrogens with zero attached hydrogens (tertiary/aromatic N) is 3. The van der Waals surface area contributed by atoms with Crippen molar-refractivity contribution in [1.29, 1.82) is 0 Å². The van der Waals surface area contributed by atoms with Gasteiger partial charge in [0.25, 0.3) is 0 Å². The second kappa shape index (κ2) is 17.7. The van der Waals surface area contributed by atoms with Gasteiger partial charge in [-0.25, -0.2) is 28.6 Å². The molecule has 0 unspecified atom stereocenters.